The molecule has 1 heterocycles. The third-order valence-electron chi connectivity index (χ3n) is 3.54. The van der Waals surface area contributed by atoms with Gasteiger partial charge in [-0.3, -0.25) is 4.79 Å². The van der Waals surface area contributed by atoms with Crippen LogP contribution >= 0.6 is 11.3 Å². The zero-order valence-corrected chi connectivity index (χ0v) is 16.4. The molecule has 0 bridgehead atoms. The summed E-state index contributed by atoms with van der Waals surface area (Å²) in [5.74, 6) is -0.278. The van der Waals surface area contributed by atoms with Gasteiger partial charge >= 0.3 is 0 Å². The fourth-order valence-electron chi connectivity index (χ4n) is 2.11. The van der Waals surface area contributed by atoms with Crippen LogP contribution in [0.3, 0.4) is 0 Å². The number of nitrogens with one attached hydrogen (secondary N) is 2. The summed E-state index contributed by atoms with van der Waals surface area (Å²) in [6, 6.07) is 6.79. The van der Waals surface area contributed by atoms with E-state index in [1.54, 1.807) is 18.3 Å². The zero-order valence-electron chi connectivity index (χ0n) is 14.8. The lowest BCUT2D eigenvalue weighted by Crippen LogP contribution is -2.28. The van der Waals surface area contributed by atoms with Crippen molar-refractivity contribution in [3.63, 3.8) is 0 Å². The Hall–Kier alpha value is -1.77. The fourth-order valence-corrected chi connectivity index (χ4v) is 3.82. The topological polar surface area (TPSA) is 88.2 Å². The molecule has 0 atom stereocenters. The quantitative estimate of drug-likeness (QED) is 0.805. The molecule has 2 aromatic rings. The minimum absolute atomic E-state index is 0.0273. The number of aryl methyl sites for hydroxylation is 1. The summed E-state index contributed by atoms with van der Waals surface area (Å²) in [7, 11) is -3.63. The van der Waals surface area contributed by atoms with Gasteiger partial charge in [-0.15, -0.1) is 11.3 Å². The van der Waals surface area contributed by atoms with E-state index in [4.69, 9.17) is 0 Å². The molecule has 2 N–H and O–H groups in total. The van der Waals surface area contributed by atoms with Crippen LogP contribution in [0.25, 0.3) is 0 Å². The van der Waals surface area contributed by atoms with Crippen molar-refractivity contribution in [2.75, 3.05) is 11.9 Å². The van der Waals surface area contributed by atoms with Crippen molar-refractivity contribution in [1.29, 1.82) is 0 Å². The van der Waals surface area contributed by atoms with Gasteiger partial charge in [0.25, 0.3) is 0 Å². The first-order chi connectivity index (χ1) is 11.6. The van der Waals surface area contributed by atoms with Crippen LogP contribution in [0.4, 0.5) is 5.13 Å². The number of thiazole rings is 1. The standard InChI is InChI=1S/C17H23N3O3S2/c1-12-11-18-16(24-12)20-15(21)9-10-19-25(22,23)14-7-5-13(6-8-14)17(2,3)4/h5-8,11,19H,9-10H2,1-4H3,(H,18,20,21). The molecule has 0 radical (unpaired) electrons. The molecule has 6 nitrogen and oxygen atoms in total. The van der Waals surface area contributed by atoms with Crippen LogP contribution in [0.2, 0.25) is 0 Å². The van der Waals surface area contributed by atoms with Gasteiger partial charge in [0.1, 0.15) is 0 Å². The average molecular weight is 382 g/mol. The van der Waals surface area contributed by atoms with Crippen LogP contribution in [0.1, 0.15) is 37.6 Å². The molecule has 0 spiro atoms. The molecule has 1 amide bonds. The highest BCUT2D eigenvalue weighted by Gasteiger charge is 2.17. The third kappa shape index (κ3) is 5.62. The Kier molecular flexibility index (Phi) is 5.97. The summed E-state index contributed by atoms with van der Waals surface area (Å²) in [4.78, 5) is 17.0. The normalized spacial score (nSPS) is 12.2. The Morgan fingerprint density at radius 2 is 1.84 bits per heavy atom. The second-order valence-electron chi connectivity index (χ2n) is 6.75. The van der Waals surface area contributed by atoms with Crippen LogP contribution < -0.4 is 10.0 Å². The first kappa shape index (κ1) is 19.6. The SMILES string of the molecule is Cc1cnc(NC(=O)CCNS(=O)(=O)c2ccc(C(C)(C)C)cc2)s1. The first-order valence-electron chi connectivity index (χ1n) is 7.90. The number of sulfonamides is 1. The van der Waals surface area contributed by atoms with Gasteiger partial charge in [-0.2, -0.15) is 0 Å². The molecule has 0 saturated carbocycles. The van der Waals surface area contributed by atoms with E-state index in [0.717, 1.165) is 10.4 Å². The van der Waals surface area contributed by atoms with Gasteiger partial charge in [-0.25, -0.2) is 18.1 Å². The number of hydrogen-bond acceptors (Lipinski definition) is 5. The molecule has 0 fully saturated rings. The second-order valence-corrected chi connectivity index (χ2v) is 9.75. The minimum atomic E-state index is -3.63. The molecular formula is C17H23N3O3S2. The molecule has 1 aromatic carbocycles. The van der Waals surface area contributed by atoms with E-state index in [2.05, 4.69) is 35.8 Å². The van der Waals surface area contributed by atoms with E-state index in [9.17, 15) is 13.2 Å². The number of hydrogen-bond donors (Lipinski definition) is 2. The molecular weight excluding hydrogens is 358 g/mol. The number of amides is 1. The number of aromatic nitrogens is 1. The van der Waals surface area contributed by atoms with Crippen molar-refractivity contribution < 1.29 is 13.2 Å². The van der Waals surface area contributed by atoms with Gasteiger partial charge < -0.3 is 5.32 Å². The largest absolute Gasteiger partial charge is 0.302 e. The van der Waals surface area contributed by atoms with E-state index in [0.29, 0.717) is 5.13 Å². The smallest absolute Gasteiger partial charge is 0.240 e. The Labute approximate surface area is 152 Å². The van der Waals surface area contributed by atoms with Crippen LogP contribution in [0.15, 0.2) is 35.4 Å². The van der Waals surface area contributed by atoms with Gasteiger partial charge in [0.2, 0.25) is 15.9 Å². The van der Waals surface area contributed by atoms with Crippen LogP contribution in [0.5, 0.6) is 0 Å². The summed E-state index contributed by atoms with van der Waals surface area (Å²) in [6.45, 7) is 8.12. The van der Waals surface area contributed by atoms with Gasteiger partial charge in [0.05, 0.1) is 4.90 Å². The lowest BCUT2D eigenvalue weighted by atomic mass is 9.87. The fraction of sp³-hybridized carbons (Fsp3) is 0.412. The van der Waals surface area contributed by atoms with Crippen LogP contribution in [-0.2, 0) is 20.2 Å². The summed E-state index contributed by atoms with van der Waals surface area (Å²) < 4.78 is 27.0. The number of nitrogens with zero attached hydrogens (tertiary/aromatic N) is 1. The molecule has 2 rings (SSSR count). The van der Waals surface area contributed by atoms with Gasteiger partial charge in [0.15, 0.2) is 5.13 Å². The molecule has 0 aliphatic heterocycles. The predicted octanol–water partition coefficient (Wildman–Crippen LogP) is 3.06. The van der Waals surface area contributed by atoms with Crippen molar-refractivity contribution in [1.82, 2.24) is 9.71 Å². The molecule has 1 aromatic heterocycles. The zero-order chi connectivity index (χ0) is 18.7. The van der Waals surface area contributed by atoms with Crippen LogP contribution in [-0.4, -0.2) is 25.9 Å². The number of carbonyl (C=O) groups is 1. The van der Waals surface area contributed by atoms with E-state index in [-0.39, 0.29) is 29.2 Å². The lowest BCUT2D eigenvalue weighted by molar-refractivity contribution is -0.116. The first-order valence-corrected chi connectivity index (χ1v) is 10.2. The second kappa shape index (κ2) is 7.63. The third-order valence-corrected chi connectivity index (χ3v) is 5.85. The Morgan fingerprint density at radius 3 is 2.36 bits per heavy atom. The molecule has 0 aliphatic rings. The van der Waals surface area contributed by atoms with Crippen molar-refractivity contribution >= 4 is 32.4 Å². The van der Waals surface area contributed by atoms with Crippen LogP contribution in [0, 0.1) is 6.92 Å². The summed E-state index contributed by atoms with van der Waals surface area (Å²) in [5, 5.41) is 3.16. The molecule has 136 valence electrons. The van der Waals surface area contributed by atoms with Gasteiger partial charge in [0, 0.05) is 24.0 Å². The Balaban J connectivity index is 1.89. The molecule has 0 saturated heterocycles. The maximum Gasteiger partial charge on any atom is 0.240 e. The number of benzene rings is 1. The Bertz CT molecular complexity index is 835. The number of anilines is 1. The van der Waals surface area contributed by atoms with Gasteiger partial charge in [-0.05, 0) is 30.0 Å². The van der Waals surface area contributed by atoms with E-state index < -0.39 is 10.0 Å². The van der Waals surface area contributed by atoms with Crippen molar-refractivity contribution in [3.05, 3.63) is 40.9 Å². The average Bonchev–Trinajstić information content (AvgIpc) is 2.91. The van der Waals surface area contributed by atoms with Gasteiger partial charge in [-0.1, -0.05) is 32.9 Å². The summed E-state index contributed by atoms with van der Waals surface area (Å²) in [5.41, 5.74) is 1.02. The summed E-state index contributed by atoms with van der Waals surface area (Å²) in [6.07, 6.45) is 1.71. The Morgan fingerprint density at radius 1 is 1.20 bits per heavy atom. The minimum Gasteiger partial charge on any atom is -0.302 e. The number of carbonyl (C=O) groups excluding carboxylic acids is 1. The highest BCUT2D eigenvalue weighted by Crippen LogP contribution is 2.23. The predicted molar refractivity (Wildman–Crippen MR) is 100 cm³/mol. The molecule has 25 heavy (non-hydrogen) atoms. The monoisotopic (exact) mass is 381 g/mol. The summed E-state index contributed by atoms with van der Waals surface area (Å²) >= 11 is 1.37. The molecule has 0 unspecified atom stereocenters. The highest BCUT2D eigenvalue weighted by molar-refractivity contribution is 7.89. The lowest BCUT2D eigenvalue weighted by Gasteiger charge is -2.19. The molecule has 8 heteroatoms. The maximum atomic E-state index is 12.3. The van der Waals surface area contributed by atoms with Crippen molar-refractivity contribution in [2.24, 2.45) is 0 Å². The molecule has 0 aliphatic carbocycles. The van der Waals surface area contributed by atoms with Crippen molar-refractivity contribution in [2.45, 2.75) is 44.4 Å². The van der Waals surface area contributed by atoms with E-state index >= 15 is 0 Å². The van der Waals surface area contributed by atoms with E-state index in [1.165, 1.54) is 11.3 Å². The highest BCUT2D eigenvalue weighted by atomic mass is 32.2. The number of rotatable bonds is 6. The van der Waals surface area contributed by atoms with Crippen molar-refractivity contribution in [3.8, 4) is 0 Å². The maximum absolute atomic E-state index is 12.3. The van der Waals surface area contributed by atoms with E-state index in [1.807, 2.05) is 19.1 Å².